The average Bonchev–Trinajstić information content (AvgIpc) is 3.26. The number of carbonyl (C=O) groups is 3. The highest BCUT2D eigenvalue weighted by Gasteiger charge is 2.21. The van der Waals surface area contributed by atoms with Crippen LogP contribution in [-0.2, 0) is 20.9 Å². The summed E-state index contributed by atoms with van der Waals surface area (Å²) in [7, 11) is 0. The van der Waals surface area contributed by atoms with Crippen LogP contribution in [0, 0.1) is 5.82 Å². The lowest BCUT2D eigenvalue weighted by Gasteiger charge is -2.18. The number of nitrogens with zero attached hydrogens (tertiary/aromatic N) is 2. The summed E-state index contributed by atoms with van der Waals surface area (Å²) in [6, 6.07) is 12.4. The fourth-order valence-corrected chi connectivity index (χ4v) is 3.70. The molecule has 1 aromatic heterocycles. The molecule has 3 aromatic rings. The molecule has 0 unspecified atom stereocenters. The maximum Gasteiger partial charge on any atom is 0.325 e. The molecule has 0 saturated carbocycles. The largest absolute Gasteiger partial charge is 0.494 e. The lowest BCUT2D eigenvalue weighted by molar-refractivity contribution is -0.143. The van der Waals surface area contributed by atoms with Crippen LogP contribution in [0.3, 0.4) is 0 Å². The summed E-state index contributed by atoms with van der Waals surface area (Å²) in [4.78, 5) is 41.7. The topological polar surface area (TPSA) is 97.8 Å². The lowest BCUT2D eigenvalue weighted by atomic mass is 10.2. The SMILES string of the molecule is CCOc1ccc(C(=O)NCC(=O)OCc2csc(N(C(C)=O)c3ccccc3F)n2)cc1. The molecule has 0 aliphatic carbocycles. The van der Waals surface area contributed by atoms with Crippen LogP contribution >= 0.6 is 11.3 Å². The molecule has 1 heterocycles. The summed E-state index contributed by atoms with van der Waals surface area (Å²) in [6.07, 6.45) is 0. The predicted molar refractivity (Wildman–Crippen MR) is 121 cm³/mol. The molecule has 0 aliphatic heterocycles. The van der Waals surface area contributed by atoms with Gasteiger partial charge >= 0.3 is 5.97 Å². The summed E-state index contributed by atoms with van der Waals surface area (Å²) in [6.45, 7) is 3.21. The Bertz CT molecular complexity index is 1130. The minimum absolute atomic E-state index is 0.0832. The molecule has 0 aliphatic rings. The van der Waals surface area contributed by atoms with Crippen molar-refractivity contribution in [2.24, 2.45) is 0 Å². The van der Waals surface area contributed by atoms with E-state index in [0.29, 0.717) is 23.6 Å². The lowest BCUT2D eigenvalue weighted by Crippen LogP contribution is -2.30. The van der Waals surface area contributed by atoms with Crippen LogP contribution < -0.4 is 15.0 Å². The van der Waals surface area contributed by atoms with Crippen molar-refractivity contribution in [3.63, 3.8) is 0 Å². The number of benzene rings is 2. The summed E-state index contributed by atoms with van der Waals surface area (Å²) < 4.78 is 24.6. The van der Waals surface area contributed by atoms with Gasteiger partial charge in [-0.1, -0.05) is 12.1 Å². The molecule has 2 amide bonds. The molecule has 172 valence electrons. The highest BCUT2D eigenvalue weighted by molar-refractivity contribution is 7.14. The van der Waals surface area contributed by atoms with Crippen molar-refractivity contribution in [2.75, 3.05) is 18.1 Å². The van der Waals surface area contributed by atoms with Gasteiger partial charge in [-0.15, -0.1) is 11.3 Å². The van der Waals surface area contributed by atoms with Crippen molar-refractivity contribution in [1.82, 2.24) is 10.3 Å². The number of para-hydroxylation sites is 1. The predicted octanol–water partition coefficient (Wildman–Crippen LogP) is 3.84. The zero-order valence-corrected chi connectivity index (χ0v) is 18.9. The first-order valence-electron chi connectivity index (χ1n) is 10.0. The third-order valence-corrected chi connectivity index (χ3v) is 5.22. The molecular weight excluding hydrogens is 449 g/mol. The average molecular weight is 472 g/mol. The van der Waals surface area contributed by atoms with Gasteiger partial charge in [0, 0.05) is 17.9 Å². The highest BCUT2D eigenvalue weighted by atomic mass is 32.1. The molecule has 10 heteroatoms. The number of thiazole rings is 1. The van der Waals surface area contributed by atoms with Crippen molar-refractivity contribution < 1.29 is 28.2 Å². The Morgan fingerprint density at radius 1 is 1.12 bits per heavy atom. The zero-order valence-electron chi connectivity index (χ0n) is 18.0. The van der Waals surface area contributed by atoms with Gasteiger partial charge in [0.1, 0.15) is 24.7 Å². The van der Waals surface area contributed by atoms with Gasteiger partial charge in [-0.3, -0.25) is 19.3 Å². The van der Waals surface area contributed by atoms with Crippen LogP contribution in [0.1, 0.15) is 29.9 Å². The van der Waals surface area contributed by atoms with Crippen LogP contribution in [-0.4, -0.2) is 35.9 Å². The van der Waals surface area contributed by atoms with Gasteiger partial charge < -0.3 is 14.8 Å². The number of ether oxygens (including phenoxy) is 2. The minimum Gasteiger partial charge on any atom is -0.494 e. The van der Waals surface area contributed by atoms with Gasteiger partial charge in [0.2, 0.25) is 5.91 Å². The maximum atomic E-state index is 14.1. The molecule has 0 radical (unpaired) electrons. The van der Waals surface area contributed by atoms with E-state index in [-0.39, 0.29) is 24.0 Å². The van der Waals surface area contributed by atoms with E-state index in [4.69, 9.17) is 9.47 Å². The minimum atomic E-state index is -0.652. The quantitative estimate of drug-likeness (QED) is 0.476. The fraction of sp³-hybridized carbons (Fsp3) is 0.217. The van der Waals surface area contributed by atoms with Gasteiger partial charge in [-0.05, 0) is 43.3 Å². The van der Waals surface area contributed by atoms with Gasteiger partial charge in [-0.2, -0.15) is 0 Å². The number of halogens is 1. The second-order valence-corrected chi connectivity index (χ2v) is 7.56. The molecule has 33 heavy (non-hydrogen) atoms. The van der Waals surface area contributed by atoms with E-state index >= 15 is 0 Å². The first-order chi connectivity index (χ1) is 15.9. The summed E-state index contributed by atoms with van der Waals surface area (Å²) in [5, 5.41) is 4.35. The van der Waals surface area contributed by atoms with Crippen molar-refractivity contribution in [2.45, 2.75) is 20.5 Å². The number of carbonyl (C=O) groups excluding carboxylic acids is 3. The molecule has 8 nitrogen and oxygen atoms in total. The van der Waals surface area contributed by atoms with Crippen LogP contribution in [0.4, 0.5) is 15.2 Å². The molecule has 2 aromatic carbocycles. The number of amides is 2. The maximum absolute atomic E-state index is 14.1. The Morgan fingerprint density at radius 2 is 1.85 bits per heavy atom. The van der Waals surface area contributed by atoms with E-state index in [1.54, 1.807) is 35.7 Å². The van der Waals surface area contributed by atoms with E-state index in [0.717, 1.165) is 16.2 Å². The number of hydrogen-bond donors (Lipinski definition) is 1. The Kier molecular flexibility index (Phi) is 8.09. The number of esters is 1. The molecular formula is C23H22FN3O5S. The Morgan fingerprint density at radius 3 is 2.52 bits per heavy atom. The first kappa shape index (κ1) is 23.9. The molecule has 0 fully saturated rings. The molecule has 0 bridgehead atoms. The smallest absolute Gasteiger partial charge is 0.325 e. The second kappa shape index (κ2) is 11.2. The van der Waals surface area contributed by atoms with Crippen LogP contribution in [0.5, 0.6) is 5.75 Å². The first-order valence-corrected chi connectivity index (χ1v) is 10.9. The third kappa shape index (κ3) is 6.36. The zero-order chi connectivity index (χ0) is 23.8. The number of hydrogen-bond acceptors (Lipinski definition) is 7. The van der Waals surface area contributed by atoms with Crippen molar-refractivity contribution in [3.8, 4) is 5.75 Å². The van der Waals surface area contributed by atoms with E-state index in [9.17, 15) is 18.8 Å². The van der Waals surface area contributed by atoms with Crippen molar-refractivity contribution >= 4 is 39.9 Å². The number of rotatable bonds is 9. The summed E-state index contributed by atoms with van der Waals surface area (Å²) >= 11 is 1.12. The molecule has 1 N–H and O–H groups in total. The monoisotopic (exact) mass is 471 g/mol. The Hall–Kier alpha value is -3.79. The second-order valence-electron chi connectivity index (χ2n) is 6.73. The fourth-order valence-electron chi connectivity index (χ4n) is 2.83. The van der Waals surface area contributed by atoms with Crippen molar-refractivity contribution in [1.29, 1.82) is 0 Å². The number of anilines is 2. The van der Waals surface area contributed by atoms with Crippen molar-refractivity contribution in [3.05, 3.63) is 71.0 Å². The molecule has 0 atom stereocenters. The Balaban J connectivity index is 1.53. The standard InChI is InChI=1S/C23H22FN3O5S/c1-3-31-18-10-8-16(9-11-18)22(30)25-12-21(29)32-13-17-14-33-23(26-17)27(15(2)28)20-7-5-4-6-19(20)24/h4-11,14H,3,12-13H2,1-2H3,(H,25,30). The normalized spacial score (nSPS) is 10.4. The summed E-state index contributed by atoms with van der Waals surface area (Å²) in [5.74, 6) is -1.39. The number of aromatic nitrogens is 1. The van der Waals surface area contributed by atoms with Crippen LogP contribution in [0.25, 0.3) is 0 Å². The van der Waals surface area contributed by atoms with Gasteiger partial charge in [0.05, 0.1) is 18.0 Å². The Labute approximate surface area is 194 Å². The van der Waals surface area contributed by atoms with E-state index in [1.807, 2.05) is 6.92 Å². The molecule has 3 rings (SSSR count). The molecule has 0 spiro atoms. The van der Waals surface area contributed by atoms with Gasteiger partial charge in [-0.25, -0.2) is 9.37 Å². The van der Waals surface area contributed by atoms with Gasteiger partial charge in [0.25, 0.3) is 5.91 Å². The molecule has 0 saturated heterocycles. The summed E-state index contributed by atoms with van der Waals surface area (Å²) in [5.41, 5.74) is 0.858. The third-order valence-electron chi connectivity index (χ3n) is 4.34. The van der Waals surface area contributed by atoms with Crippen LogP contribution in [0.15, 0.2) is 53.9 Å². The van der Waals surface area contributed by atoms with E-state index in [2.05, 4.69) is 10.3 Å². The van der Waals surface area contributed by atoms with Gasteiger partial charge in [0.15, 0.2) is 5.13 Å². The van der Waals surface area contributed by atoms with Crippen LogP contribution in [0.2, 0.25) is 0 Å². The van der Waals surface area contributed by atoms with E-state index in [1.165, 1.54) is 25.1 Å². The van der Waals surface area contributed by atoms with E-state index < -0.39 is 23.6 Å². The number of nitrogens with one attached hydrogen (secondary N) is 1. The highest BCUT2D eigenvalue weighted by Crippen LogP contribution is 2.30.